The van der Waals surface area contributed by atoms with Gasteiger partial charge in [0.1, 0.15) is 11.9 Å². The molecule has 0 aliphatic carbocycles. The summed E-state index contributed by atoms with van der Waals surface area (Å²) in [4.78, 5) is 4.41. The quantitative estimate of drug-likeness (QED) is 0.456. The molecule has 2 heterocycles. The molecule has 1 aliphatic rings. The largest absolute Gasteiger partial charge is 0.467 e. The highest BCUT2D eigenvalue weighted by Gasteiger charge is 2.27. The summed E-state index contributed by atoms with van der Waals surface area (Å²) in [5.41, 5.74) is 0. The predicted molar refractivity (Wildman–Crippen MR) is 101 cm³/mol. The number of aliphatic hydroxyl groups excluding tert-OH is 1. The first-order chi connectivity index (χ1) is 12.5. The van der Waals surface area contributed by atoms with Gasteiger partial charge in [-0.25, -0.2) is 12.7 Å². The van der Waals surface area contributed by atoms with Crippen LogP contribution in [0.5, 0.6) is 0 Å². The summed E-state index contributed by atoms with van der Waals surface area (Å²) in [5.74, 6) is 1.31. The van der Waals surface area contributed by atoms with Gasteiger partial charge in [0.05, 0.1) is 18.6 Å². The minimum Gasteiger partial charge on any atom is -0.467 e. The number of nitrogens with one attached hydrogen (secondary N) is 2. The standard InChI is InChI=1S/C17H30N4O4S/c1-3-12-26(23,24)21-9-7-14(8-10-21)20-17(18-4-2)19-13-15(22)16-6-5-11-25-16/h5-6,11,14-15,22H,3-4,7-10,12-13H2,1-2H3,(H2,18,19,20). The zero-order valence-corrected chi connectivity index (χ0v) is 16.3. The normalized spacial score (nSPS) is 18.7. The maximum atomic E-state index is 12.1. The number of aliphatic hydroxyl groups is 1. The van der Waals surface area contributed by atoms with Crippen molar-refractivity contribution in [2.45, 2.75) is 45.3 Å². The lowest BCUT2D eigenvalue weighted by molar-refractivity contribution is 0.158. The molecule has 1 aromatic heterocycles. The van der Waals surface area contributed by atoms with Crippen molar-refractivity contribution in [2.75, 3.05) is 31.9 Å². The Labute approximate surface area is 155 Å². The van der Waals surface area contributed by atoms with Crippen LogP contribution in [0.3, 0.4) is 0 Å². The summed E-state index contributed by atoms with van der Waals surface area (Å²) < 4.78 is 31.0. The third kappa shape index (κ3) is 6.00. The van der Waals surface area contributed by atoms with E-state index in [9.17, 15) is 13.5 Å². The first-order valence-corrected chi connectivity index (χ1v) is 10.8. The fourth-order valence-electron chi connectivity index (χ4n) is 2.93. The molecule has 1 saturated heterocycles. The van der Waals surface area contributed by atoms with E-state index in [2.05, 4.69) is 15.6 Å². The summed E-state index contributed by atoms with van der Waals surface area (Å²) in [6.45, 7) is 5.78. The molecular formula is C17H30N4O4S. The summed E-state index contributed by atoms with van der Waals surface area (Å²) >= 11 is 0. The van der Waals surface area contributed by atoms with E-state index in [-0.39, 0.29) is 18.3 Å². The van der Waals surface area contributed by atoms with E-state index in [1.54, 1.807) is 16.4 Å². The van der Waals surface area contributed by atoms with Crippen LogP contribution in [0, 0.1) is 0 Å². The van der Waals surface area contributed by atoms with Crippen LogP contribution >= 0.6 is 0 Å². The van der Waals surface area contributed by atoms with E-state index in [4.69, 9.17) is 4.42 Å². The van der Waals surface area contributed by atoms with Crippen LogP contribution in [-0.4, -0.2) is 61.8 Å². The Hall–Kier alpha value is -1.58. The molecule has 1 aromatic rings. The summed E-state index contributed by atoms with van der Waals surface area (Å²) in [6, 6.07) is 3.60. The highest BCUT2D eigenvalue weighted by Crippen LogP contribution is 2.16. The number of nitrogens with zero attached hydrogens (tertiary/aromatic N) is 2. The van der Waals surface area contributed by atoms with Gasteiger partial charge in [0.25, 0.3) is 0 Å². The number of hydrogen-bond acceptors (Lipinski definition) is 5. The summed E-state index contributed by atoms with van der Waals surface area (Å²) in [6.07, 6.45) is 2.82. The number of sulfonamides is 1. The zero-order valence-electron chi connectivity index (χ0n) is 15.5. The van der Waals surface area contributed by atoms with Crippen LogP contribution in [-0.2, 0) is 10.0 Å². The summed E-state index contributed by atoms with van der Waals surface area (Å²) in [5, 5.41) is 16.6. The molecule has 0 aromatic carbocycles. The monoisotopic (exact) mass is 386 g/mol. The van der Waals surface area contributed by atoms with Crippen molar-refractivity contribution < 1.29 is 17.9 Å². The predicted octanol–water partition coefficient (Wildman–Crippen LogP) is 1.07. The average Bonchev–Trinajstić information content (AvgIpc) is 3.15. The number of aliphatic imine (C=N–C) groups is 1. The third-order valence-corrected chi connectivity index (χ3v) is 6.36. The molecule has 0 radical (unpaired) electrons. The average molecular weight is 387 g/mol. The van der Waals surface area contributed by atoms with E-state index >= 15 is 0 Å². The lowest BCUT2D eigenvalue weighted by Gasteiger charge is -2.32. The second-order valence-electron chi connectivity index (χ2n) is 6.38. The molecule has 1 unspecified atom stereocenters. The van der Waals surface area contributed by atoms with Gasteiger partial charge in [-0.2, -0.15) is 0 Å². The van der Waals surface area contributed by atoms with Crippen molar-refractivity contribution in [1.82, 2.24) is 14.9 Å². The van der Waals surface area contributed by atoms with E-state index in [0.717, 1.165) is 12.8 Å². The van der Waals surface area contributed by atoms with Crippen molar-refractivity contribution in [3.8, 4) is 0 Å². The molecule has 0 bridgehead atoms. The maximum absolute atomic E-state index is 12.1. The van der Waals surface area contributed by atoms with Crippen molar-refractivity contribution in [1.29, 1.82) is 0 Å². The molecular weight excluding hydrogens is 356 g/mol. The Kier molecular flexibility index (Phi) is 7.92. The number of rotatable bonds is 8. The van der Waals surface area contributed by atoms with E-state index < -0.39 is 16.1 Å². The van der Waals surface area contributed by atoms with Crippen molar-refractivity contribution >= 4 is 16.0 Å². The molecule has 8 nitrogen and oxygen atoms in total. The SMILES string of the molecule is CCCS(=O)(=O)N1CCC(NC(=NCC(O)c2ccco2)NCC)CC1. The Morgan fingerprint density at radius 2 is 2.15 bits per heavy atom. The Morgan fingerprint density at radius 3 is 2.73 bits per heavy atom. The van der Waals surface area contributed by atoms with Crippen LogP contribution in [0.4, 0.5) is 0 Å². The van der Waals surface area contributed by atoms with Crippen molar-refractivity contribution in [3.63, 3.8) is 0 Å². The van der Waals surface area contributed by atoms with Gasteiger partial charge < -0.3 is 20.2 Å². The molecule has 0 spiro atoms. The van der Waals surface area contributed by atoms with Crippen molar-refractivity contribution in [3.05, 3.63) is 24.2 Å². The van der Waals surface area contributed by atoms with Gasteiger partial charge in [0.2, 0.25) is 10.0 Å². The Bertz CT molecular complexity index is 652. The zero-order chi connectivity index (χ0) is 19.0. The Balaban J connectivity index is 1.87. The number of hydrogen-bond donors (Lipinski definition) is 3. The fourth-order valence-corrected chi connectivity index (χ4v) is 4.47. The van der Waals surface area contributed by atoms with Crippen molar-refractivity contribution in [2.24, 2.45) is 4.99 Å². The molecule has 0 saturated carbocycles. The molecule has 148 valence electrons. The van der Waals surface area contributed by atoms with Gasteiger partial charge in [0.15, 0.2) is 5.96 Å². The van der Waals surface area contributed by atoms with Crippen LogP contribution in [0.1, 0.15) is 45.0 Å². The van der Waals surface area contributed by atoms with Gasteiger partial charge in [-0.1, -0.05) is 6.92 Å². The van der Waals surface area contributed by atoms with Crippen LogP contribution in [0.25, 0.3) is 0 Å². The molecule has 3 N–H and O–H groups in total. The molecule has 9 heteroatoms. The first-order valence-electron chi connectivity index (χ1n) is 9.20. The van der Waals surface area contributed by atoms with Gasteiger partial charge in [-0.15, -0.1) is 0 Å². The topological polar surface area (TPSA) is 107 Å². The molecule has 1 atom stereocenters. The first kappa shape index (κ1) is 20.7. The highest BCUT2D eigenvalue weighted by molar-refractivity contribution is 7.89. The lowest BCUT2D eigenvalue weighted by Crippen LogP contribution is -2.50. The molecule has 26 heavy (non-hydrogen) atoms. The van der Waals surface area contributed by atoms with E-state index in [1.165, 1.54) is 6.26 Å². The van der Waals surface area contributed by atoms with Gasteiger partial charge in [0, 0.05) is 25.7 Å². The maximum Gasteiger partial charge on any atom is 0.214 e. The fraction of sp³-hybridized carbons (Fsp3) is 0.706. The molecule has 1 fully saturated rings. The molecule has 1 aliphatic heterocycles. The highest BCUT2D eigenvalue weighted by atomic mass is 32.2. The second-order valence-corrected chi connectivity index (χ2v) is 8.47. The number of furan rings is 1. The smallest absolute Gasteiger partial charge is 0.214 e. The minimum atomic E-state index is -3.13. The summed E-state index contributed by atoms with van der Waals surface area (Å²) in [7, 11) is -3.13. The van der Waals surface area contributed by atoms with E-state index in [1.807, 2.05) is 13.8 Å². The molecule has 0 amide bonds. The van der Waals surface area contributed by atoms with Crippen LogP contribution < -0.4 is 10.6 Å². The van der Waals surface area contributed by atoms with Crippen LogP contribution in [0.2, 0.25) is 0 Å². The second kappa shape index (κ2) is 9.94. The van der Waals surface area contributed by atoms with Gasteiger partial charge >= 0.3 is 0 Å². The van der Waals surface area contributed by atoms with E-state index in [0.29, 0.717) is 37.8 Å². The minimum absolute atomic E-state index is 0.154. The van der Waals surface area contributed by atoms with Crippen LogP contribution in [0.15, 0.2) is 27.8 Å². The van der Waals surface area contributed by atoms with Gasteiger partial charge in [-0.05, 0) is 38.3 Å². The molecule has 2 rings (SSSR count). The Morgan fingerprint density at radius 1 is 1.42 bits per heavy atom. The number of guanidine groups is 1. The lowest BCUT2D eigenvalue weighted by atomic mass is 10.1. The third-order valence-electron chi connectivity index (χ3n) is 4.29. The number of piperidine rings is 1. The van der Waals surface area contributed by atoms with Gasteiger partial charge in [-0.3, -0.25) is 4.99 Å².